The standard InChI is InChI=1S/C21H33N5O2/c1-3-4-13-27-15-16-28-14-11-23-21(22-2)24-17-19-8-5-6-9-20(19)18-26-12-7-10-25-26/h5-10,12H,3-4,11,13-18H2,1-2H3,(H2,22,23,24). The Hall–Kier alpha value is -2.38. The van der Waals surface area contributed by atoms with Gasteiger partial charge in [0.15, 0.2) is 5.96 Å². The van der Waals surface area contributed by atoms with Gasteiger partial charge >= 0.3 is 0 Å². The van der Waals surface area contributed by atoms with Crippen LogP contribution in [-0.2, 0) is 22.6 Å². The Balaban J connectivity index is 1.66. The Labute approximate surface area is 168 Å². The molecular formula is C21H33N5O2. The first-order valence-corrected chi connectivity index (χ1v) is 9.97. The molecule has 0 radical (unpaired) electrons. The van der Waals surface area contributed by atoms with Gasteiger partial charge in [-0.2, -0.15) is 5.10 Å². The van der Waals surface area contributed by atoms with Crippen LogP contribution in [0.25, 0.3) is 0 Å². The molecular weight excluding hydrogens is 354 g/mol. The van der Waals surface area contributed by atoms with Crippen molar-refractivity contribution in [2.45, 2.75) is 32.9 Å². The Kier molecular flexibility index (Phi) is 10.8. The van der Waals surface area contributed by atoms with Gasteiger partial charge in [0, 0.05) is 39.1 Å². The van der Waals surface area contributed by atoms with Crippen LogP contribution in [0.2, 0.25) is 0 Å². The molecule has 2 aromatic rings. The second-order valence-corrected chi connectivity index (χ2v) is 6.40. The molecule has 0 aliphatic carbocycles. The van der Waals surface area contributed by atoms with Crippen molar-refractivity contribution in [3.63, 3.8) is 0 Å². The lowest BCUT2D eigenvalue weighted by Crippen LogP contribution is -2.38. The van der Waals surface area contributed by atoms with Crippen molar-refractivity contribution in [2.75, 3.05) is 40.0 Å². The molecule has 0 saturated heterocycles. The molecule has 1 aromatic heterocycles. The van der Waals surface area contributed by atoms with Gasteiger partial charge in [0.2, 0.25) is 0 Å². The molecule has 7 heteroatoms. The van der Waals surface area contributed by atoms with E-state index in [-0.39, 0.29) is 0 Å². The normalized spacial score (nSPS) is 11.6. The number of aromatic nitrogens is 2. The van der Waals surface area contributed by atoms with E-state index in [0.29, 0.717) is 32.9 Å². The molecule has 0 atom stereocenters. The van der Waals surface area contributed by atoms with E-state index in [9.17, 15) is 0 Å². The molecule has 0 bridgehead atoms. The Morgan fingerprint density at radius 2 is 1.82 bits per heavy atom. The number of benzene rings is 1. The highest BCUT2D eigenvalue weighted by Crippen LogP contribution is 2.10. The minimum Gasteiger partial charge on any atom is -0.379 e. The van der Waals surface area contributed by atoms with Gasteiger partial charge in [0.25, 0.3) is 0 Å². The van der Waals surface area contributed by atoms with Crippen LogP contribution in [0.15, 0.2) is 47.7 Å². The fourth-order valence-electron chi connectivity index (χ4n) is 2.66. The molecule has 0 amide bonds. The van der Waals surface area contributed by atoms with E-state index in [2.05, 4.69) is 51.9 Å². The van der Waals surface area contributed by atoms with Gasteiger partial charge in [-0.05, 0) is 23.6 Å². The van der Waals surface area contributed by atoms with Crippen LogP contribution in [0.5, 0.6) is 0 Å². The van der Waals surface area contributed by atoms with Gasteiger partial charge in [-0.1, -0.05) is 37.6 Å². The molecule has 7 nitrogen and oxygen atoms in total. The zero-order chi connectivity index (χ0) is 19.9. The average Bonchev–Trinajstić information content (AvgIpc) is 3.23. The molecule has 154 valence electrons. The van der Waals surface area contributed by atoms with Gasteiger partial charge in [-0.3, -0.25) is 9.67 Å². The summed E-state index contributed by atoms with van der Waals surface area (Å²) in [4.78, 5) is 4.27. The fourth-order valence-corrected chi connectivity index (χ4v) is 2.66. The number of nitrogens with one attached hydrogen (secondary N) is 2. The number of rotatable bonds is 13. The van der Waals surface area contributed by atoms with Crippen LogP contribution in [0.1, 0.15) is 30.9 Å². The highest BCUT2D eigenvalue weighted by Gasteiger charge is 2.04. The first-order chi connectivity index (χ1) is 13.8. The van der Waals surface area contributed by atoms with Crippen molar-refractivity contribution in [1.82, 2.24) is 20.4 Å². The van der Waals surface area contributed by atoms with Crippen LogP contribution < -0.4 is 10.6 Å². The largest absolute Gasteiger partial charge is 0.379 e. The number of guanidine groups is 1. The minimum atomic E-state index is 0.619. The van der Waals surface area contributed by atoms with Crippen molar-refractivity contribution < 1.29 is 9.47 Å². The highest BCUT2D eigenvalue weighted by molar-refractivity contribution is 5.79. The van der Waals surface area contributed by atoms with E-state index in [1.807, 2.05) is 16.9 Å². The quantitative estimate of drug-likeness (QED) is 0.314. The predicted molar refractivity (Wildman–Crippen MR) is 113 cm³/mol. The molecule has 1 heterocycles. The molecule has 0 aliphatic rings. The average molecular weight is 388 g/mol. The summed E-state index contributed by atoms with van der Waals surface area (Å²) >= 11 is 0. The second-order valence-electron chi connectivity index (χ2n) is 6.40. The number of ether oxygens (including phenoxy) is 2. The van der Waals surface area contributed by atoms with E-state index < -0.39 is 0 Å². The summed E-state index contributed by atoms with van der Waals surface area (Å²) in [5.74, 6) is 0.761. The lowest BCUT2D eigenvalue weighted by atomic mass is 10.1. The zero-order valence-electron chi connectivity index (χ0n) is 17.1. The predicted octanol–water partition coefficient (Wildman–Crippen LogP) is 2.43. The Morgan fingerprint density at radius 1 is 1.04 bits per heavy atom. The summed E-state index contributed by atoms with van der Waals surface area (Å²) < 4.78 is 13.0. The smallest absolute Gasteiger partial charge is 0.191 e. The summed E-state index contributed by atoms with van der Waals surface area (Å²) in [7, 11) is 1.77. The van der Waals surface area contributed by atoms with Gasteiger partial charge in [0.1, 0.15) is 0 Å². The van der Waals surface area contributed by atoms with Gasteiger partial charge < -0.3 is 20.1 Å². The van der Waals surface area contributed by atoms with Gasteiger partial charge in [0.05, 0.1) is 26.4 Å². The highest BCUT2D eigenvalue weighted by atomic mass is 16.5. The molecule has 1 aromatic carbocycles. The van der Waals surface area contributed by atoms with E-state index in [1.54, 1.807) is 13.2 Å². The van der Waals surface area contributed by atoms with Crippen LogP contribution in [0, 0.1) is 0 Å². The molecule has 28 heavy (non-hydrogen) atoms. The van der Waals surface area contributed by atoms with Crippen LogP contribution >= 0.6 is 0 Å². The van der Waals surface area contributed by atoms with Crippen molar-refractivity contribution >= 4 is 5.96 Å². The minimum absolute atomic E-state index is 0.619. The van der Waals surface area contributed by atoms with Crippen molar-refractivity contribution in [3.8, 4) is 0 Å². The first kappa shape index (κ1) is 21.9. The third kappa shape index (κ3) is 8.54. The lowest BCUT2D eigenvalue weighted by Gasteiger charge is -2.14. The summed E-state index contributed by atoms with van der Waals surface area (Å²) in [6.07, 6.45) is 6.03. The van der Waals surface area contributed by atoms with E-state index in [0.717, 1.165) is 32.0 Å². The second kappa shape index (κ2) is 13.7. The molecule has 0 fully saturated rings. The Morgan fingerprint density at radius 3 is 2.54 bits per heavy atom. The SMILES string of the molecule is CCCCOCCOCCNC(=NC)NCc1ccccc1Cn1cccn1. The number of unbranched alkanes of at least 4 members (excludes halogenated alkanes) is 1. The number of hydrogen-bond acceptors (Lipinski definition) is 4. The molecule has 2 N–H and O–H groups in total. The van der Waals surface area contributed by atoms with Crippen LogP contribution in [0.3, 0.4) is 0 Å². The maximum atomic E-state index is 5.57. The van der Waals surface area contributed by atoms with E-state index in [1.165, 1.54) is 11.1 Å². The first-order valence-electron chi connectivity index (χ1n) is 9.97. The number of nitrogens with zero attached hydrogens (tertiary/aromatic N) is 3. The molecule has 2 rings (SSSR count). The molecule has 0 aliphatic heterocycles. The van der Waals surface area contributed by atoms with Crippen molar-refractivity contribution in [1.29, 1.82) is 0 Å². The number of aliphatic imine (C=N–C) groups is 1. The zero-order valence-corrected chi connectivity index (χ0v) is 17.1. The van der Waals surface area contributed by atoms with Crippen LogP contribution in [0.4, 0.5) is 0 Å². The van der Waals surface area contributed by atoms with Crippen molar-refractivity contribution in [3.05, 3.63) is 53.9 Å². The van der Waals surface area contributed by atoms with Crippen LogP contribution in [-0.4, -0.2) is 55.8 Å². The number of hydrogen-bond donors (Lipinski definition) is 2. The summed E-state index contributed by atoms with van der Waals surface area (Å²) in [5.41, 5.74) is 2.46. The third-order valence-electron chi connectivity index (χ3n) is 4.23. The lowest BCUT2D eigenvalue weighted by molar-refractivity contribution is 0.0487. The summed E-state index contributed by atoms with van der Waals surface area (Å²) in [6.45, 7) is 7.02. The molecule has 0 unspecified atom stereocenters. The van der Waals surface area contributed by atoms with Gasteiger partial charge in [-0.25, -0.2) is 0 Å². The summed E-state index contributed by atoms with van der Waals surface area (Å²) in [5, 5.41) is 10.9. The molecule has 0 spiro atoms. The topological polar surface area (TPSA) is 72.7 Å². The van der Waals surface area contributed by atoms with Crippen molar-refractivity contribution in [2.24, 2.45) is 4.99 Å². The third-order valence-corrected chi connectivity index (χ3v) is 4.23. The monoisotopic (exact) mass is 387 g/mol. The Bertz CT molecular complexity index is 673. The fraction of sp³-hybridized carbons (Fsp3) is 0.524. The molecule has 0 saturated carbocycles. The maximum absolute atomic E-state index is 5.57. The van der Waals surface area contributed by atoms with Gasteiger partial charge in [-0.15, -0.1) is 0 Å². The maximum Gasteiger partial charge on any atom is 0.191 e. The summed E-state index contributed by atoms with van der Waals surface area (Å²) in [6, 6.07) is 10.3. The van der Waals surface area contributed by atoms with E-state index in [4.69, 9.17) is 9.47 Å². The van der Waals surface area contributed by atoms with E-state index >= 15 is 0 Å².